The fourth-order valence-corrected chi connectivity index (χ4v) is 5.38. The number of rotatable bonds is 4. The summed E-state index contributed by atoms with van der Waals surface area (Å²) < 4.78 is 0.975. The quantitative estimate of drug-likeness (QED) is 0.464. The van der Waals surface area contributed by atoms with Crippen LogP contribution >= 0.6 is 46.0 Å². The summed E-state index contributed by atoms with van der Waals surface area (Å²) in [5.41, 5.74) is 2.55. The first-order valence-electron chi connectivity index (χ1n) is 7.42. The van der Waals surface area contributed by atoms with Crippen molar-refractivity contribution in [2.24, 2.45) is 0 Å². The minimum atomic E-state index is -0.132. The summed E-state index contributed by atoms with van der Waals surface area (Å²) in [7, 11) is 0. The van der Waals surface area contributed by atoms with Gasteiger partial charge in [-0.25, -0.2) is 9.97 Å². The maximum atomic E-state index is 12.6. The number of hydrogen-bond donors (Lipinski definition) is 1. The highest BCUT2D eigenvalue weighted by Gasteiger charge is 2.15. The molecule has 0 aliphatic heterocycles. The molecule has 4 nitrogen and oxygen atoms in total. The number of H-pyrrole nitrogens is 1. The van der Waals surface area contributed by atoms with Gasteiger partial charge in [0.15, 0.2) is 4.34 Å². The van der Waals surface area contributed by atoms with Gasteiger partial charge in [-0.05, 0) is 13.0 Å². The number of aryl methyl sites for hydroxylation is 1. The van der Waals surface area contributed by atoms with Gasteiger partial charge in [-0.3, -0.25) is 4.79 Å². The molecule has 0 atom stereocenters. The molecule has 0 amide bonds. The average molecular weight is 406 g/mol. The first-order chi connectivity index (χ1) is 12.1. The Morgan fingerprint density at radius 2 is 2.00 bits per heavy atom. The second-order valence-corrected chi connectivity index (χ2v) is 8.71. The van der Waals surface area contributed by atoms with Gasteiger partial charge in [0, 0.05) is 32.6 Å². The monoisotopic (exact) mass is 405 g/mol. The molecule has 3 aromatic heterocycles. The molecule has 0 aliphatic carbocycles. The zero-order valence-electron chi connectivity index (χ0n) is 13.1. The van der Waals surface area contributed by atoms with Crippen LogP contribution in [0.1, 0.15) is 11.5 Å². The molecule has 0 spiro atoms. The molecule has 0 aliphatic rings. The van der Waals surface area contributed by atoms with E-state index >= 15 is 0 Å². The van der Waals surface area contributed by atoms with Gasteiger partial charge >= 0.3 is 0 Å². The van der Waals surface area contributed by atoms with Crippen LogP contribution in [-0.4, -0.2) is 15.0 Å². The molecule has 25 heavy (non-hydrogen) atoms. The number of aromatic amines is 1. The normalized spacial score (nSPS) is 11.3. The molecule has 4 rings (SSSR count). The lowest BCUT2D eigenvalue weighted by Gasteiger charge is -2.03. The van der Waals surface area contributed by atoms with Crippen molar-refractivity contribution in [3.05, 3.63) is 61.9 Å². The number of aromatic nitrogens is 3. The van der Waals surface area contributed by atoms with Crippen molar-refractivity contribution >= 4 is 56.3 Å². The lowest BCUT2D eigenvalue weighted by molar-refractivity contribution is 1.04. The summed E-state index contributed by atoms with van der Waals surface area (Å²) in [6.07, 6.45) is 0. The second kappa shape index (κ2) is 6.92. The number of nitrogens with one attached hydrogen (secondary N) is 1. The topological polar surface area (TPSA) is 58.6 Å². The number of halogens is 1. The van der Waals surface area contributed by atoms with E-state index in [9.17, 15) is 4.79 Å². The summed E-state index contributed by atoms with van der Waals surface area (Å²) in [6.45, 7) is 1.97. The van der Waals surface area contributed by atoms with Crippen LogP contribution in [-0.2, 0) is 5.75 Å². The second-order valence-electron chi connectivity index (χ2n) is 5.37. The molecule has 0 bridgehead atoms. The van der Waals surface area contributed by atoms with Crippen molar-refractivity contribution in [2.75, 3.05) is 0 Å². The van der Waals surface area contributed by atoms with Crippen LogP contribution in [0.15, 0.2) is 44.2 Å². The summed E-state index contributed by atoms with van der Waals surface area (Å²) in [5.74, 6) is 1.24. The Labute approximate surface area is 160 Å². The van der Waals surface area contributed by atoms with E-state index in [1.54, 1.807) is 23.1 Å². The Morgan fingerprint density at radius 1 is 1.16 bits per heavy atom. The van der Waals surface area contributed by atoms with Crippen molar-refractivity contribution in [2.45, 2.75) is 17.0 Å². The summed E-state index contributed by atoms with van der Waals surface area (Å²) in [5, 5.41) is 5.17. The first kappa shape index (κ1) is 16.8. The molecule has 0 unspecified atom stereocenters. The number of nitrogens with zero attached hydrogens (tertiary/aromatic N) is 2. The number of benzene rings is 1. The van der Waals surface area contributed by atoms with Crippen molar-refractivity contribution in [1.29, 1.82) is 0 Å². The SMILES string of the molecule is Cc1csc(SCc2nc3scc(-c4ccccc4Cl)c3c(=O)[nH]2)n1. The number of thiazole rings is 1. The van der Waals surface area contributed by atoms with Crippen molar-refractivity contribution in [3.63, 3.8) is 0 Å². The third-order valence-electron chi connectivity index (χ3n) is 3.59. The minimum Gasteiger partial charge on any atom is -0.309 e. The third kappa shape index (κ3) is 3.37. The van der Waals surface area contributed by atoms with Gasteiger partial charge < -0.3 is 4.98 Å². The van der Waals surface area contributed by atoms with E-state index in [0.29, 0.717) is 22.0 Å². The van der Waals surface area contributed by atoms with Crippen molar-refractivity contribution < 1.29 is 0 Å². The number of thiophene rings is 1. The molecule has 126 valence electrons. The number of hydrogen-bond acceptors (Lipinski definition) is 6. The van der Waals surface area contributed by atoms with Gasteiger partial charge in [0.25, 0.3) is 5.56 Å². The predicted octanol–water partition coefficient (Wildman–Crippen LogP) is 5.36. The fourth-order valence-electron chi connectivity index (χ4n) is 2.47. The molecule has 1 N–H and O–H groups in total. The highest BCUT2D eigenvalue weighted by Crippen LogP contribution is 2.35. The largest absolute Gasteiger partial charge is 0.309 e. The maximum absolute atomic E-state index is 12.6. The van der Waals surface area contributed by atoms with Gasteiger partial charge in [0.1, 0.15) is 10.7 Å². The molecule has 0 saturated carbocycles. The smallest absolute Gasteiger partial charge is 0.260 e. The van der Waals surface area contributed by atoms with Gasteiger partial charge in [0.05, 0.1) is 11.1 Å². The van der Waals surface area contributed by atoms with Crippen molar-refractivity contribution in [3.8, 4) is 11.1 Å². The van der Waals surface area contributed by atoms with Crippen LogP contribution in [0.25, 0.3) is 21.3 Å². The van der Waals surface area contributed by atoms with Crippen LogP contribution in [0, 0.1) is 6.92 Å². The van der Waals surface area contributed by atoms with Crippen LogP contribution in [0.5, 0.6) is 0 Å². The molecule has 4 aromatic rings. The van der Waals surface area contributed by atoms with Crippen LogP contribution in [0.3, 0.4) is 0 Å². The molecule has 8 heteroatoms. The Kier molecular flexibility index (Phi) is 4.64. The third-order valence-corrected chi connectivity index (χ3v) is 6.94. The lowest BCUT2D eigenvalue weighted by Crippen LogP contribution is -2.10. The Hall–Kier alpha value is -1.67. The molecule has 0 fully saturated rings. The highest BCUT2D eigenvalue weighted by molar-refractivity contribution is 8.00. The molecular formula is C17H12ClN3OS3. The Bertz CT molecular complexity index is 1120. The highest BCUT2D eigenvalue weighted by atomic mass is 35.5. The van der Waals surface area contributed by atoms with E-state index in [4.69, 9.17) is 11.6 Å². The summed E-state index contributed by atoms with van der Waals surface area (Å²) in [4.78, 5) is 25.3. The van der Waals surface area contributed by atoms with Gasteiger partial charge in [0.2, 0.25) is 0 Å². The van der Waals surface area contributed by atoms with Gasteiger partial charge in [-0.1, -0.05) is 41.6 Å². The van der Waals surface area contributed by atoms with E-state index in [-0.39, 0.29) is 5.56 Å². The summed E-state index contributed by atoms with van der Waals surface area (Å²) in [6, 6.07) is 7.52. The van der Waals surface area contributed by atoms with Crippen LogP contribution < -0.4 is 5.56 Å². The zero-order valence-corrected chi connectivity index (χ0v) is 16.3. The molecule has 3 heterocycles. The van der Waals surface area contributed by atoms with E-state index in [2.05, 4.69) is 15.0 Å². The van der Waals surface area contributed by atoms with Gasteiger partial charge in [-0.15, -0.1) is 22.7 Å². The number of thioether (sulfide) groups is 1. The minimum absolute atomic E-state index is 0.132. The average Bonchev–Trinajstić information content (AvgIpc) is 3.20. The van der Waals surface area contributed by atoms with E-state index in [0.717, 1.165) is 26.0 Å². The van der Waals surface area contributed by atoms with Crippen molar-refractivity contribution in [1.82, 2.24) is 15.0 Å². The molecule has 0 radical (unpaired) electrons. The Morgan fingerprint density at radius 3 is 2.76 bits per heavy atom. The zero-order chi connectivity index (χ0) is 17.4. The van der Waals surface area contributed by atoms with E-state index < -0.39 is 0 Å². The van der Waals surface area contributed by atoms with Gasteiger partial charge in [-0.2, -0.15) is 0 Å². The predicted molar refractivity (Wildman–Crippen MR) is 107 cm³/mol. The molecule has 1 aromatic carbocycles. The molecular weight excluding hydrogens is 394 g/mol. The number of fused-ring (bicyclic) bond motifs is 1. The van der Waals surface area contributed by atoms with E-state index in [1.165, 1.54) is 11.3 Å². The fraction of sp³-hybridized carbons (Fsp3) is 0.118. The summed E-state index contributed by atoms with van der Waals surface area (Å²) >= 11 is 10.9. The van der Waals surface area contributed by atoms with E-state index in [1.807, 2.05) is 41.9 Å². The molecule has 0 saturated heterocycles. The lowest BCUT2D eigenvalue weighted by atomic mass is 10.1. The Balaban J connectivity index is 1.70. The standard InChI is InChI=1S/C17H12ClN3OS3/c1-9-6-24-17(19-9)25-8-13-20-15(22)14-11(7-23-16(14)21-13)10-4-2-3-5-12(10)18/h2-7H,8H2,1H3,(H,20,21,22). The maximum Gasteiger partial charge on any atom is 0.260 e. The first-order valence-corrected chi connectivity index (χ1v) is 10.5. The van der Waals surface area contributed by atoms with Crippen LogP contribution in [0.4, 0.5) is 0 Å². The van der Waals surface area contributed by atoms with Crippen LogP contribution in [0.2, 0.25) is 5.02 Å².